The minimum atomic E-state index is -4.52. The number of alkyl halides is 3. The van der Waals surface area contributed by atoms with E-state index in [9.17, 15) is 18.0 Å². The standard InChI is InChI=1S/C9H8F3NO2/c10-9(11,12)8-5(3-14)6-4-15-2-1-7(6)13-8/h3,13H,1-2,4H2. The Morgan fingerprint density at radius 1 is 1.40 bits per heavy atom. The Labute approximate surface area is 83.2 Å². The number of carbonyl (C=O) groups excluding carboxylic acids is 1. The summed E-state index contributed by atoms with van der Waals surface area (Å²) in [6.45, 7) is 0.444. The topological polar surface area (TPSA) is 42.1 Å². The maximum absolute atomic E-state index is 12.5. The Morgan fingerprint density at radius 2 is 2.13 bits per heavy atom. The van der Waals surface area contributed by atoms with Crippen molar-refractivity contribution in [1.29, 1.82) is 0 Å². The molecule has 0 saturated heterocycles. The van der Waals surface area contributed by atoms with Crippen LogP contribution in [0.1, 0.15) is 27.3 Å². The molecule has 15 heavy (non-hydrogen) atoms. The van der Waals surface area contributed by atoms with Crippen molar-refractivity contribution in [2.45, 2.75) is 19.2 Å². The summed E-state index contributed by atoms with van der Waals surface area (Å²) in [6, 6.07) is 0. The predicted octanol–water partition coefficient (Wildman–Crippen LogP) is 1.92. The molecule has 0 spiro atoms. The van der Waals surface area contributed by atoms with Gasteiger partial charge in [-0.1, -0.05) is 0 Å². The van der Waals surface area contributed by atoms with Gasteiger partial charge < -0.3 is 9.72 Å². The first-order chi connectivity index (χ1) is 7.04. The van der Waals surface area contributed by atoms with Gasteiger partial charge in [-0.05, 0) is 0 Å². The molecule has 2 heterocycles. The first-order valence-electron chi connectivity index (χ1n) is 4.38. The number of nitrogens with one attached hydrogen (secondary N) is 1. The van der Waals surface area contributed by atoms with Crippen LogP contribution in [-0.4, -0.2) is 17.9 Å². The molecule has 0 atom stereocenters. The van der Waals surface area contributed by atoms with Gasteiger partial charge in [0, 0.05) is 17.7 Å². The molecule has 3 nitrogen and oxygen atoms in total. The van der Waals surface area contributed by atoms with E-state index in [-0.39, 0.29) is 18.5 Å². The maximum atomic E-state index is 12.5. The average Bonchev–Trinajstić information content (AvgIpc) is 2.55. The van der Waals surface area contributed by atoms with E-state index < -0.39 is 11.9 Å². The van der Waals surface area contributed by atoms with E-state index in [1.54, 1.807) is 0 Å². The molecule has 1 aliphatic rings. The van der Waals surface area contributed by atoms with E-state index in [0.717, 1.165) is 0 Å². The molecule has 0 aliphatic carbocycles. The van der Waals surface area contributed by atoms with Gasteiger partial charge in [-0.25, -0.2) is 0 Å². The molecule has 82 valence electrons. The number of carbonyl (C=O) groups is 1. The normalized spacial score (nSPS) is 16.2. The molecule has 0 aromatic carbocycles. The zero-order valence-electron chi connectivity index (χ0n) is 7.65. The molecule has 0 amide bonds. The largest absolute Gasteiger partial charge is 0.431 e. The van der Waals surface area contributed by atoms with E-state index in [2.05, 4.69) is 4.98 Å². The van der Waals surface area contributed by atoms with Crippen molar-refractivity contribution < 1.29 is 22.7 Å². The van der Waals surface area contributed by atoms with Crippen LogP contribution in [0.5, 0.6) is 0 Å². The number of rotatable bonds is 1. The van der Waals surface area contributed by atoms with Crippen LogP contribution >= 0.6 is 0 Å². The van der Waals surface area contributed by atoms with Crippen molar-refractivity contribution >= 4 is 6.29 Å². The van der Waals surface area contributed by atoms with Crippen molar-refractivity contribution in [3.05, 3.63) is 22.5 Å². The van der Waals surface area contributed by atoms with Crippen molar-refractivity contribution in [2.75, 3.05) is 6.61 Å². The van der Waals surface area contributed by atoms with E-state index in [1.807, 2.05) is 0 Å². The third-order valence-electron chi connectivity index (χ3n) is 2.38. The van der Waals surface area contributed by atoms with Crippen LogP contribution < -0.4 is 0 Å². The van der Waals surface area contributed by atoms with Gasteiger partial charge in [-0.2, -0.15) is 13.2 Å². The lowest BCUT2D eigenvalue weighted by molar-refractivity contribution is -0.141. The Hall–Kier alpha value is -1.30. The lowest BCUT2D eigenvalue weighted by Crippen LogP contribution is -2.09. The number of aromatic nitrogens is 1. The first kappa shape index (κ1) is 10.2. The molecule has 0 saturated carbocycles. The SMILES string of the molecule is O=Cc1c(C(F)(F)F)[nH]c2c1COCC2. The van der Waals surface area contributed by atoms with E-state index >= 15 is 0 Å². The quantitative estimate of drug-likeness (QED) is 0.733. The van der Waals surface area contributed by atoms with Crippen LogP contribution in [0, 0.1) is 0 Å². The second-order valence-corrected chi connectivity index (χ2v) is 3.29. The van der Waals surface area contributed by atoms with Gasteiger partial charge in [0.05, 0.1) is 18.8 Å². The average molecular weight is 219 g/mol. The first-order valence-corrected chi connectivity index (χ1v) is 4.38. The van der Waals surface area contributed by atoms with Crippen molar-refractivity contribution in [2.24, 2.45) is 0 Å². The number of aromatic amines is 1. The molecule has 1 aromatic rings. The number of fused-ring (bicyclic) bond motifs is 1. The van der Waals surface area contributed by atoms with Gasteiger partial charge >= 0.3 is 6.18 Å². The fraction of sp³-hybridized carbons (Fsp3) is 0.444. The van der Waals surface area contributed by atoms with E-state index in [0.29, 0.717) is 24.3 Å². The molecule has 0 radical (unpaired) electrons. The molecule has 0 fully saturated rings. The fourth-order valence-corrected chi connectivity index (χ4v) is 1.69. The van der Waals surface area contributed by atoms with E-state index in [1.165, 1.54) is 0 Å². The number of hydrogen-bond acceptors (Lipinski definition) is 2. The molecule has 1 aromatic heterocycles. The third kappa shape index (κ3) is 1.65. The van der Waals surface area contributed by atoms with Gasteiger partial charge in [0.2, 0.25) is 0 Å². The Balaban J connectivity index is 2.56. The van der Waals surface area contributed by atoms with Crippen LogP contribution in [0.4, 0.5) is 13.2 Å². The van der Waals surface area contributed by atoms with Crippen molar-refractivity contribution in [1.82, 2.24) is 4.98 Å². The van der Waals surface area contributed by atoms with Crippen molar-refractivity contribution in [3.63, 3.8) is 0 Å². The molecular formula is C9H8F3NO2. The Morgan fingerprint density at radius 3 is 2.73 bits per heavy atom. The van der Waals surface area contributed by atoms with E-state index in [4.69, 9.17) is 4.74 Å². The molecular weight excluding hydrogens is 211 g/mol. The van der Waals surface area contributed by atoms with Crippen LogP contribution in [-0.2, 0) is 23.9 Å². The highest BCUT2D eigenvalue weighted by atomic mass is 19.4. The minimum absolute atomic E-state index is 0.0655. The van der Waals surface area contributed by atoms with Gasteiger partial charge in [0.25, 0.3) is 0 Å². The lowest BCUT2D eigenvalue weighted by atomic mass is 10.1. The maximum Gasteiger partial charge on any atom is 0.431 e. The summed E-state index contributed by atoms with van der Waals surface area (Å²) in [6.07, 6.45) is -3.91. The summed E-state index contributed by atoms with van der Waals surface area (Å²) in [7, 11) is 0. The lowest BCUT2D eigenvalue weighted by Gasteiger charge is -2.11. The zero-order chi connectivity index (χ0) is 11.1. The zero-order valence-corrected chi connectivity index (χ0v) is 7.65. The summed E-state index contributed by atoms with van der Waals surface area (Å²) < 4.78 is 42.5. The van der Waals surface area contributed by atoms with Crippen LogP contribution in [0.3, 0.4) is 0 Å². The highest BCUT2D eigenvalue weighted by Crippen LogP contribution is 2.34. The van der Waals surface area contributed by atoms with Crippen molar-refractivity contribution in [3.8, 4) is 0 Å². The van der Waals surface area contributed by atoms with Gasteiger partial charge in [-0.3, -0.25) is 4.79 Å². The van der Waals surface area contributed by atoms with Gasteiger partial charge in [0.15, 0.2) is 6.29 Å². The third-order valence-corrected chi connectivity index (χ3v) is 2.38. The number of hydrogen-bond donors (Lipinski definition) is 1. The monoisotopic (exact) mass is 219 g/mol. The molecule has 0 bridgehead atoms. The summed E-state index contributed by atoms with van der Waals surface area (Å²) in [5, 5.41) is 0. The summed E-state index contributed by atoms with van der Waals surface area (Å²) >= 11 is 0. The second kappa shape index (κ2) is 3.37. The fourth-order valence-electron chi connectivity index (χ4n) is 1.69. The molecule has 0 unspecified atom stereocenters. The summed E-state index contributed by atoms with van der Waals surface area (Å²) in [5.41, 5.74) is -0.496. The van der Waals surface area contributed by atoms with Gasteiger partial charge in [0.1, 0.15) is 5.69 Å². The highest BCUT2D eigenvalue weighted by molar-refractivity contribution is 5.80. The van der Waals surface area contributed by atoms with Crippen LogP contribution in [0.25, 0.3) is 0 Å². The molecule has 1 aliphatic heterocycles. The smallest absolute Gasteiger partial charge is 0.376 e. The molecule has 1 N–H and O–H groups in total. The second-order valence-electron chi connectivity index (χ2n) is 3.29. The molecule has 2 rings (SSSR count). The minimum Gasteiger partial charge on any atom is -0.376 e. The summed E-state index contributed by atoms with van der Waals surface area (Å²) in [4.78, 5) is 12.9. The number of ether oxygens (including phenoxy) is 1. The Bertz CT molecular complexity index is 395. The number of halogens is 3. The van der Waals surface area contributed by atoms with Crippen LogP contribution in [0.15, 0.2) is 0 Å². The number of H-pyrrole nitrogens is 1. The highest BCUT2D eigenvalue weighted by Gasteiger charge is 2.38. The van der Waals surface area contributed by atoms with Crippen LogP contribution in [0.2, 0.25) is 0 Å². The van der Waals surface area contributed by atoms with Gasteiger partial charge in [-0.15, -0.1) is 0 Å². The summed E-state index contributed by atoms with van der Waals surface area (Å²) in [5.74, 6) is 0. The predicted molar refractivity (Wildman–Crippen MR) is 44.5 cm³/mol. The Kier molecular flexibility index (Phi) is 2.30. The number of aldehydes is 1. The molecule has 6 heteroatoms.